The summed E-state index contributed by atoms with van der Waals surface area (Å²) in [7, 11) is 0. The molecular formula is C9H4ClF8NO. The molecule has 1 heterocycles. The van der Waals surface area contributed by atoms with Crippen molar-refractivity contribution in [3.05, 3.63) is 22.9 Å². The van der Waals surface area contributed by atoms with Crippen molar-refractivity contribution >= 4 is 11.6 Å². The quantitative estimate of drug-likeness (QED) is 0.593. The summed E-state index contributed by atoms with van der Waals surface area (Å²) in [5.41, 5.74) is -3.97. The van der Waals surface area contributed by atoms with Crippen LogP contribution in [0.2, 0.25) is 0 Å². The van der Waals surface area contributed by atoms with Gasteiger partial charge in [0, 0.05) is 5.88 Å². The van der Waals surface area contributed by atoms with Gasteiger partial charge in [0.05, 0.1) is 0 Å². The zero-order valence-electron chi connectivity index (χ0n) is 9.12. The lowest BCUT2D eigenvalue weighted by Gasteiger charge is -2.17. The molecule has 0 aliphatic heterocycles. The largest absolute Gasteiger partial charge is 0.574 e. The van der Waals surface area contributed by atoms with Gasteiger partial charge in [-0.05, 0) is 11.6 Å². The summed E-state index contributed by atoms with van der Waals surface area (Å²) in [5, 5.41) is 0. The van der Waals surface area contributed by atoms with Crippen molar-refractivity contribution in [1.29, 1.82) is 0 Å². The summed E-state index contributed by atoms with van der Waals surface area (Å²) < 4.78 is 102. The summed E-state index contributed by atoms with van der Waals surface area (Å²) >= 11 is 5.18. The van der Waals surface area contributed by atoms with Crippen LogP contribution in [0.3, 0.4) is 0 Å². The lowest BCUT2D eigenvalue weighted by molar-refractivity contribution is -0.278. The van der Waals surface area contributed by atoms with Gasteiger partial charge in [-0.3, -0.25) is 0 Å². The Morgan fingerprint density at radius 3 is 2.05 bits per heavy atom. The van der Waals surface area contributed by atoms with Gasteiger partial charge in [0.1, 0.15) is 11.3 Å². The Hall–Kier alpha value is -1.32. The molecular weight excluding hydrogens is 326 g/mol. The molecule has 1 rings (SSSR count). The third-order valence-electron chi connectivity index (χ3n) is 1.97. The third-order valence-corrected chi connectivity index (χ3v) is 2.26. The fourth-order valence-corrected chi connectivity index (χ4v) is 1.45. The Labute approximate surface area is 111 Å². The van der Waals surface area contributed by atoms with E-state index in [1.54, 1.807) is 0 Å². The summed E-state index contributed by atoms with van der Waals surface area (Å²) in [4.78, 5) is 2.60. The van der Waals surface area contributed by atoms with Gasteiger partial charge >= 0.3 is 12.5 Å². The summed E-state index contributed by atoms with van der Waals surface area (Å²) in [6.07, 6.45) is -14.2. The SMILES string of the molecule is FC(F)c1nc(OC(F)(F)F)c(C(F)(F)F)cc1CCl. The predicted octanol–water partition coefficient (Wildman–Crippen LogP) is 4.68. The molecule has 2 nitrogen and oxygen atoms in total. The van der Waals surface area contributed by atoms with E-state index in [-0.39, 0.29) is 6.07 Å². The minimum Gasteiger partial charge on any atom is -0.387 e. The fraction of sp³-hybridized carbons (Fsp3) is 0.444. The molecule has 0 atom stereocenters. The Kier molecular flexibility index (Phi) is 4.67. The summed E-state index contributed by atoms with van der Waals surface area (Å²) in [6.45, 7) is 0. The van der Waals surface area contributed by atoms with Crippen LogP contribution < -0.4 is 4.74 Å². The van der Waals surface area contributed by atoms with E-state index in [0.717, 1.165) is 0 Å². The number of hydrogen-bond donors (Lipinski definition) is 0. The van der Waals surface area contributed by atoms with Crippen LogP contribution in [0, 0.1) is 0 Å². The maximum atomic E-state index is 12.6. The van der Waals surface area contributed by atoms with E-state index in [1.165, 1.54) is 0 Å². The van der Waals surface area contributed by atoms with Crippen molar-refractivity contribution in [3.63, 3.8) is 0 Å². The van der Waals surface area contributed by atoms with Gasteiger partial charge in [0.2, 0.25) is 5.88 Å². The van der Waals surface area contributed by atoms with Crippen LogP contribution in [0.25, 0.3) is 0 Å². The number of halogens is 9. The molecule has 0 amide bonds. The van der Waals surface area contributed by atoms with Gasteiger partial charge in [-0.1, -0.05) is 0 Å². The molecule has 0 aliphatic carbocycles. The number of ether oxygens (including phenoxy) is 1. The van der Waals surface area contributed by atoms with Crippen molar-refractivity contribution in [1.82, 2.24) is 4.98 Å². The molecule has 11 heteroatoms. The lowest BCUT2D eigenvalue weighted by Crippen LogP contribution is -2.22. The van der Waals surface area contributed by atoms with E-state index >= 15 is 0 Å². The van der Waals surface area contributed by atoms with Crippen LogP contribution in [0.15, 0.2) is 6.07 Å². The molecule has 20 heavy (non-hydrogen) atoms. The van der Waals surface area contributed by atoms with Crippen molar-refractivity contribution in [2.75, 3.05) is 0 Å². The highest BCUT2D eigenvalue weighted by atomic mass is 35.5. The Balaban J connectivity index is 3.48. The molecule has 0 unspecified atom stereocenters. The number of rotatable bonds is 3. The Bertz CT molecular complexity index is 484. The lowest BCUT2D eigenvalue weighted by atomic mass is 10.1. The molecule has 1 aromatic rings. The molecule has 0 N–H and O–H groups in total. The average Bonchev–Trinajstić information content (AvgIpc) is 2.24. The molecule has 0 bridgehead atoms. The third kappa shape index (κ3) is 4.09. The zero-order valence-corrected chi connectivity index (χ0v) is 9.87. The summed E-state index contributed by atoms with van der Waals surface area (Å²) in [5.74, 6) is -2.77. The molecule has 0 aromatic carbocycles. The standard InChI is InChI=1S/C9H4ClF8NO/c10-2-3-1-4(8(13,14)15)7(20-9(16,17)18)19-5(3)6(11)12/h1,6H,2H2. The molecule has 0 fully saturated rings. The predicted molar refractivity (Wildman–Crippen MR) is 50.4 cm³/mol. The molecule has 0 saturated heterocycles. The van der Waals surface area contributed by atoms with Gasteiger partial charge in [0.15, 0.2) is 0 Å². The average molecular weight is 330 g/mol. The smallest absolute Gasteiger partial charge is 0.387 e. The first-order chi connectivity index (χ1) is 8.95. The normalized spacial score (nSPS) is 12.9. The highest BCUT2D eigenvalue weighted by Crippen LogP contribution is 2.40. The minimum absolute atomic E-state index is 0.0581. The van der Waals surface area contributed by atoms with Crippen molar-refractivity contribution in [2.24, 2.45) is 0 Å². The van der Waals surface area contributed by atoms with Gasteiger partial charge in [0.25, 0.3) is 6.43 Å². The molecule has 0 spiro atoms. The molecule has 114 valence electrons. The molecule has 0 aliphatic rings. The number of pyridine rings is 1. The van der Waals surface area contributed by atoms with Crippen molar-refractivity contribution in [2.45, 2.75) is 24.8 Å². The van der Waals surface area contributed by atoms with Crippen LogP contribution in [0.5, 0.6) is 5.88 Å². The second-order valence-electron chi connectivity index (χ2n) is 3.37. The van der Waals surface area contributed by atoms with Crippen LogP contribution in [0.4, 0.5) is 35.1 Å². The van der Waals surface area contributed by atoms with E-state index in [9.17, 15) is 35.1 Å². The van der Waals surface area contributed by atoms with E-state index in [1.807, 2.05) is 0 Å². The fourth-order valence-electron chi connectivity index (χ4n) is 1.24. The molecule has 0 radical (unpaired) electrons. The van der Waals surface area contributed by atoms with Gasteiger partial charge in [-0.2, -0.15) is 13.2 Å². The number of alkyl halides is 9. The maximum Gasteiger partial charge on any atom is 0.574 e. The Morgan fingerprint density at radius 1 is 1.15 bits per heavy atom. The minimum atomic E-state index is -5.51. The second-order valence-corrected chi connectivity index (χ2v) is 3.63. The summed E-state index contributed by atoms with van der Waals surface area (Å²) in [6, 6.07) is 0.0581. The van der Waals surface area contributed by atoms with E-state index in [0.29, 0.717) is 0 Å². The first kappa shape index (κ1) is 16.7. The first-order valence-electron chi connectivity index (χ1n) is 4.66. The van der Waals surface area contributed by atoms with Gasteiger partial charge in [-0.15, -0.1) is 24.8 Å². The molecule has 1 aromatic heterocycles. The van der Waals surface area contributed by atoms with Crippen molar-refractivity contribution < 1.29 is 39.9 Å². The Morgan fingerprint density at radius 2 is 1.70 bits per heavy atom. The number of aromatic nitrogens is 1. The van der Waals surface area contributed by atoms with E-state index in [4.69, 9.17) is 11.6 Å². The van der Waals surface area contributed by atoms with Gasteiger partial charge < -0.3 is 4.74 Å². The number of nitrogens with zero attached hydrogens (tertiary/aromatic N) is 1. The van der Waals surface area contributed by atoms with E-state index in [2.05, 4.69) is 9.72 Å². The van der Waals surface area contributed by atoms with Crippen LogP contribution in [-0.2, 0) is 12.1 Å². The van der Waals surface area contributed by atoms with Crippen molar-refractivity contribution in [3.8, 4) is 5.88 Å². The molecule has 0 saturated carbocycles. The van der Waals surface area contributed by atoms with Crippen LogP contribution in [0.1, 0.15) is 23.2 Å². The highest BCUT2D eigenvalue weighted by Gasteiger charge is 2.41. The van der Waals surface area contributed by atoms with Crippen LogP contribution >= 0.6 is 11.6 Å². The second kappa shape index (κ2) is 5.58. The monoisotopic (exact) mass is 329 g/mol. The van der Waals surface area contributed by atoms with E-state index < -0.39 is 47.5 Å². The van der Waals surface area contributed by atoms with Crippen LogP contribution in [-0.4, -0.2) is 11.3 Å². The topological polar surface area (TPSA) is 22.1 Å². The first-order valence-corrected chi connectivity index (χ1v) is 5.20. The van der Waals surface area contributed by atoms with Gasteiger partial charge in [-0.25, -0.2) is 13.8 Å². The maximum absolute atomic E-state index is 12.6. The highest BCUT2D eigenvalue weighted by molar-refractivity contribution is 6.17. The number of hydrogen-bond acceptors (Lipinski definition) is 2. The zero-order chi connectivity index (χ0) is 15.7.